The summed E-state index contributed by atoms with van der Waals surface area (Å²) in [7, 11) is 0. The molecule has 0 unspecified atom stereocenters. The summed E-state index contributed by atoms with van der Waals surface area (Å²) in [5.74, 6) is 1.55. The van der Waals surface area contributed by atoms with Gasteiger partial charge in [-0.25, -0.2) is 4.57 Å². The predicted octanol–water partition coefficient (Wildman–Crippen LogP) is 2.81. The molecule has 0 bridgehead atoms. The first-order valence-corrected chi connectivity index (χ1v) is 7.63. The summed E-state index contributed by atoms with van der Waals surface area (Å²) in [5, 5.41) is 4.76. The van der Waals surface area contributed by atoms with Gasteiger partial charge in [0.25, 0.3) is 0 Å². The molecule has 3 rings (SSSR count). The van der Waals surface area contributed by atoms with Crippen LogP contribution < -0.4 is 4.57 Å². The summed E-state index contributed by atoms with van der Waals surface area (Å²) in [6.45, 7) is 12.3. The Hall–Kier alpha value is -1.68. The van der Waals surface area contributed by atoms with Gasteiger partial charge in [-0.05, 0) is 37.8 Å². The fraction of sp³-hybridized carbons (Fsp3) is 0.529. The minimum Gasteiger partial charge on any atom is -0.367 e. The van der Waals surface area contributed by atoms with E-state index in [1.807, 2.05) is 4.68 Å². The number of benzene rings is 1. The molecular formula is C17H24N3O+. The summed E-state index contributed by atoms with van der Waals surface area (Å²) < 4.78 is 10.0. The Kier molecular flexibility index (Phi) is 3.57. The Morgan fingerprint density at radius 1 is 1.24 bits per heavy atom. The summed E-state index contributed by atoms with van der Waals surface area (Å²) in [4.78, 5) is 0. The van der Waals surface area contributed by atoms with E-state index in [1.165, 1.54) is 22.4 Å². The van der Waals surface area contributed by atoms with Crippen molar-refractivity contribution in [2.75, 3.05) is 6.61 Å². The van der Waals surface area contributed by atoms with Gasteiger partial charge in [-0.2, -0.15) is 0 Å². The molecule has 0 aliphatic carbocycles. The van der Waals surface area contributed by atoms with E-state index in [-0.39, 0.29) is 0 Å². The molecule has 0 amide bonds. The summed E-state index contributed by atoms with van der Waals surface area (Å²) in [6.07, 6.45) is 2.13. The molecule has 2 heterocycles. The van der Waals surface area contributed by atoms with E-state index >= 15 is 0 Å². The molecule has 4 nitrogen and oxygen atoms in total. The minimum atomic E-state index is 0.369. The van der Waals surface area contributed by atoms with Crippen LogP contribution in [0.25, 0.3) is 5.69 Å². The highest BCUT2D eigenvalue weighted by Crippen LogP contribution is 2.22. The lowest BCUT2D eigenvalue weighted by atomic mass is 10.0. The first-order valence-electron chi connectivity index (χ1n) is 7.63. The lowest BCUT2D eigenvalue weighted by Gasteiger charge is -2.22. The van der Waals surface area contributed by atoms with Gasteiger partial charge >= 0.3 is 5.82 Å². The number of ether oxygens (including phenoxy) is 1. The molecule has 0 fully saturated rings. The number of fused-ring (bicyclic) bond motifs is 1. The van der Waals surface area contributed by atoms with E-state index in [0.717, 1.165) is 12.4 Å². The fourth-order valence-electron chi connectivity index (χ4n) is 3.27. The molecule has 1 aromatic heterocycles. The van der Waals surface area contributed by atoms with Gasteiger partial charge in [0.05, 0.1) is 6.61 Å². The van der Waals surface area contributed by atoms with E-state index in [2.05, 4.69) is 57.6 Å². The van der Waals surface area contributed by atoms with Crippen molar-refractivity contribution in [2.24, 2.45) is 5.92 Å². The molecule has 1 atom stereocenters. The molecule has 21 heavy (non-hydrogen) atoms. The topological polar surface area (TPSA) is 30.9 Å². The van der Waals surface area contributed by atoms with Crippen molar-refractivity contribution in [3.63, 3.8) is 0 Å². The first-order chi connectivity index (χ1) is 9.97. The van der Waals surface area contributed by atoms with Crippen LogP contribution in [0.4, 0.5) is 0 Å². The van der Waals surface area contributed by atoms with E-state index in [4.69, 9.17) is 9.84 Å². The summed E-state index contributed by atoms with van der Waals surface area (Å²) >= 11 is 0. The van der Waals surface area contributed by atoms with E-state index in [1.54, 1.807) is 0 Å². The minimum absolute atomic E-state index is 0.369. The highest BCUT2D eigenvalue weighted by molar-refractivity contribution is 5.48. The molecule has 112 valence electrons. The standard InChI is InChI=1S/C17H24N3O/c1-11(2)15-8-21-9-16-18-20(10-19(15)16)17-13(4)6-12(3)7-14(17)5/h6-7,10-11,15H,8-9H2,1-5H3/q+1/t15-/m0/s1. The van der Waals surface area contributed by atoms with Gasteiger partial charge in [0.15, 0.2) is 0 Å². The van der Waals surface area contributed by atoms with Crippen LogP contribution in [0.1, 0.15) is 42.4 Å². The molecule has 0 saturated carbocycles. The molecule has 0 spiro atoms. The van der Waals surface area contributed by atoms with Crippen LogP contribution in [-0.2, 0) is 11.3 Å². The van der Waals surface area contributed by atoms with Crippen molar-refractivity contribution in [1.82, 2.24) is 9.78 Å². The number of rotatable bonds is 2. The normalized spacial score (nSPS) is 18.1. The Bertz CT molecular complexity index is 650. The van der Waals surface area contributed by atoms with E-state index in [0.29, 0.717) is 18.6 Å². The molecule has 1 aliphatic rings. The second-order valence-electron chi connectivity index (χ2n) is 6.46. The van der Waals surface area contributed by atoms with Crippen LogP contribution in [0.5, 0.6) is 0 Å². The van der Waals surface area contributed by atoms with Crippen LogP contribution in [0.3, 0.4) is 0 Å². The molecule has 4 heteroatoms. The zero-order valence-electron chi connectivity index (χ0n) is 13.6. The Morgan fingerprint density at radius 3 is 2.52 bits per heavy atom. The van der Waals surface area contributed by atoms with Crippen LogP contribution in [0.2, 0.25) is 0 Å². The smallest absolute Gasteiger partial charge is 0.304 e. The molecule has 0 N–H and O–H groups in total. The van der Waals surface area contributed by atoms with Crippen molar-refractivity contribution in [1.29, 1.82) is 0 Å². The quantitative estimate of drug-likeness (QED) is 0.795. The molecule has 1 aromatic carbocycles. The fourth-order valence-corrected chi connectivity index (χ4v) is 3.27. The average Bonchev–Trinajstić information content (AvgIpc) is 2.79. The van der Waals surface area contributed by atoms with E-state index in [9.17, 15) is 0 Å². The zero-order chi connectivity index (χ0) is 15.1. The molecule has 0 radical (unpaired) electrons. The third-order valence-electron chi connectivity index (χ3n) is 4.27. The van der Waals surface area contributed by atoms with Crippen LogP contribution >= 0.6 is 0 Å². The van der Waals surface area contributed by atoms with Crippen LogP contribution in [-0.4, -0.2) is 16.4 Å². The largest absolute Gasteiger partial charge is 0.367 e. The second-order valence-corrected chi connectivity index (χ2v) is 6.46. The van der Waals surface area contributed by atoms with Crippen molar-refractivity contribution in [3.05, 3.63) is 41.0 Å². The average molecular weight is 286 g/mol. The SMILES string of the molecule is Cc1cc(C)c(-n2c[n+]3c(n2)COC[C@H]3C(C)C)c(C)c1. The lowest BCUT2D eigenvalue weighted by molar-refractivity contribution is -0.749. The second kappa shape index (κ2) is 5.26. The van der Waals surface area contributed by atoms with Crippen molar-refractivity contribution < 1.29 is 9.30 Å². The molecule has 2 aromatic rings. The molecule has 0 saturated heterocycles. The Labute approximate surface area is 126 Å². The van der Waals surface area contributed by atoms with Crippen LogP contribution in [0.15, 0.2) is 18.5 Å². The van der Waals surface area contributed by atoms with E-state index < -0.39 is 0 Å². The highest BCUT2D eigenvalue weighted by Gasteiger charge is 2.32. The van der Waals surface area contributed by atoms with Crippen LogP contribution in [0, 0.1) is 26.7 Å². The highest BCUT2D eigenvalue weighted by atomic mass is 16.5. The summed E-state index contributed by atoms with van der Waals surface area (Å²) in [5.41, 5.74) is 5.00. The Balaban J connectivity index is 2.10. The third-order valence-corrected chi connectivity index (χ3v) is 4.27. The maximum absolute atomic E-state index is 5.70. The monoisotopic (exact) mass is 286 g/mol. The van der Waals surface area contributed by atoms with Gasteiger partial charge in [-0.15, -0.1) is 0 Å². The van der Waals surface area contributed by atoms with Crippen molar-refractivity contribution in [2.45, 2.75) is 47.3 Å². The zero-order valence-corrected chi connectivity index (χ0v) is 13.6. The number of aryl methyl sites for hydroxylation is 3. The van der Waals surface area contributed by atoms with Gasteiger partial charge in [0.2, 0.25) is 6.33 Å². The number of nitrogens with zero attached hydrogens (tertiary/aromatic N) is 3. The lowest BCUT2D eigenvalue weighted by Crippen LogP contribution is -2.49. The molecular weight excluding hydrogens is 262 g/mol. The first kappa shape index (κ1) is 14.3. The Morgan fingerprint density at radius 2 is 1.90 bits per heavy atom. The van der Waals surface area contributed by atoms with Gasteiger partial charge < -0.3 is 4.74 Å². The number of aromatic nitrogens is 3. The maximum Gasteiger partial charge on any atom is 0.304 e. The van der Waals surface area contributed by atoms with Gasteiger partial charge in [-0.1, -0.05) is 36.2 Å². The predicted molar refractivity (Wildman–Crippen MR) is 81.5 cm³/mol. The van der Waals surface area contributed by atoms with Crippen molar-refractivity contribution >= 4 is 0 Å². The third kappa shape index (κ3) is 2.48. The van der Waals surface area contributed by atoms with Gasteiger partial charge in [-0.3, -0.25) is 0 Å². The van der Waals surface area contributed by atoms with Gasteiger partial charge in [0.1, 0.15) is 18.3 Å². The number of hydrogen-bond acceptors (Lipinski definition) is 2. The van der Waals surface area contributed by atoms with Gasteiger partial charge in [0, 0.05) is 5.10 Å². The molecule has 1 aliphatic heterocycles. The maximum atomic E-state index is 5.70. The van der Waals surface area contributed by atoms with Crippen molar-refractivity contribution in [3.8, 4) is 5.69 Å². The number of hydrogen-bond donors (Lipinski definition) is 0. The summed E-state index contributed by atoms with van der Waals surface area (Å²) in [6, 6.07) is 4.79.